The van der Waals surface area contributed by atoms with Gasteiger partial charge in [-0.05, 0) is 44.2 Å². The summed E-state index contributed by atoms with van der Waals surface area (Å²) in [7, 11) is 0. The standard InChI is InChI=1S/C27H36N4O2/c1-2-28-27(30-19-23-11-6-7-14-25(23)33-24-12-8-13-24)29-18-22-17-26(32)31(20-22)16-15-21-9-4-3-5-10-21/h3-7,9-11,14,22,24H,2,8,12-13,15-20H2,1H3,(H2,28,29,30). The number of carbonyl (C=O) groups excluding carboxylic acids is 1. The molecule has 2 fully saturated rings. The number of hydrogen-bond acceptors (Lipinski definition) is 3. The molecule has 1 amide bonds. The van der Waals surface area contributed by atoms with Crippen LogP contribution in [0.2, 0.25) is 0 Å². The fraction of sp³-hybridized carbons (Fsp3) is 0.481. The summed E-state index contributed by atoms with van der Waals surface area (Å²) in [6.45, 7) is 5.74. The Morgan fingerprint density at radius 2 is 1.88 bits per heavy atom. The number of guanidine groups is 1. The third-order valence-corrected chi connectivity index (χ3v) is 6.44. The SMILES string of the molecule is CCNC(=NCc1ccccc1OC1CCC1)NCC1CC(=O)N(CCc2ccccc2)C1. The second-order valence-corrected chi connectivity index (χ2v) is 9.00. The van der Waals surface area contributed by atoms with Gasteiger partial charge in [0.1, 0.15) is 5.75 Å². The minimum Gasteiger partial charge on any atom is -0.490 e. The van der Waals surface area contributed by atoms with Gasteiger partial charge < -0.3 is 20.3 Å². The van der Waals surface area contributed by atoms with Gasteiger partial charge in [0.05, 0.1) is 12.6 Å². The number of nitrogens with one attached hydrogen (secondary N) is 2. The van der Waals surface area contributed by atoms with Gasteiger partial charge in [0.25, 0.3) is 0 Å². The van der Waals surface area contributed by atoms with Gasteiger partial charge in [0.2, 0.25) is 5.91 Å². The molecule has 0 radical (unpaired) electrons. The van der Waals surface area contributed by atoms with E-state index in [9.17, 15) is 4.79 Å². The highest BCUT2D eigenvalue weighted by atomic mass is 16.5. The molecule has 1 aliphatic heterocycles. The minimum absolute atomic E-state index is 0.252. The Labute approximate surface area is 197 Å². The molecule has 2 aromatic carbocycles. The van der Waals surface area contributed by atoms with Crippen LogP contribution in [-0.2, 0) is 17.8 Å². The number of ether oxygens (including phenoxy) is 1. The maximum Gasteiger partial charge on any atom is 0.223 e. The smallest absolute Gasteiger partial charge is 0.223 e. The van der Waals surface area contributed by atoms with Crippen LogP contribution in [-0.4, -0.2) is 49.0 Å². The first-order chi connectivity index (χ1) is 16.2. The summed E-state index contributed by atoms with van der Waals surface area (Å²) >= 11 is 0. The normalized spacial score (nSPS) is 18.8. The topological polar surface area (TPSA) is 66.0 Å². The van der Waals surface area contributed by atoms with Crippen molar-refractivity contribution in [1.82, 2.24) is 15.5 Å². The molecule has 1 unspecified atom stereocenters. The van der Waals surface area contributed by atoms with Crippen LogP contribution in [0.4, 0.5) is 0 Å². The van der Waals surface area contributed by atoms with Gasteiger partial charge in [0.15, 0.2) is 5.96 Å². The molecule has 6 heteroatoms. The van der Waals surface area contributed by atoms with Crippen LogP contribution in [0.3, 0.4) is 0 Å². The fourth-order valence-electron chi connectivity index (χ4n) is 4.28. The van der Waals surface area contributed by atoms with Crippen molar-refractivity contribution < 1.29 is 9.53 Å². The van der Waals surface area contributed by atoms with E-state index in [1.807, 2.05) is 41.3 Å². The molecule has 0 spiro atoms. The summed E-state index contributed by atoms with van der Waals surface area (Å²) in [5.41, 5.74) is 2.37. The van der Waals surface area contributed by atoms with E-state index in [4.69, 9.17) is 9.73 Å². The maximum atomic E-state index is 12.5. The average Bonchev–Trinajstić information content (AvgIpc) is 3.17. The molecular formula is C27H36N4O2. The number of para-hydroxylation sites is 1. The largest absolute Gasteiger partial charge is 0.490 e. The Balaban J connectivity index is 1.28. The van der Waals surface area contributed by atoms with Crippen LogP contribution in [0.15, 0.2) is 59.6 Å². The predicted octanol–water partition coefficient (Wildman–Crippen LogP) is 3.76. The summed E-state index contributed by atoms with van der Waals surface area (Å²) in [4.78, 5) is 19.3. The van der Waals surface area contributed by atoms with Crippen LogP contribution in [0.25, 0.3) is 0 Å². The number of rotatable bonds is 10. The number of carbonyl (C=O) groups is 1. The van der Waals surface area contributed by atoms with Gasteiger partial charge in [-0.1, -0.05) is 48.5 Å². The van der Waals surface area contributed by atoms with E-state index in [-0.39, 0.29) is 5.91 Å². The summed E-state index contributed by atoms with van der Waals surface area (Å²) in [5.74, 6) is 2.27. The highest BCUT2D eigenvalue weighted by Gasteiger charge is 2.29. The first-order valence-electron chi connectivity index (χ1n) is 12.3. The van der Waals surface area contributed by atoms with Crippen molar-refractivity contribution in [1.29, 1.82) is 0 Å². The monoisotopic (exact) mass is 448 g/mol. The van der Waals surface area contributed by atoms with Crippen LogP contribution in [0.1, 0.15) is 43.7 Å². The average molecular weight is 449 g/mol. The van der Waals surface area contributed by atoms with Gasteiger partial charge in [-0.25, -0.2) is 4.99 Å². The molecule has 2 N–H and O–H groups in total. The van der Waals surface area contributed by atoms with E-state index in [2.05, 4.69) is 35.8 Å². The first kappa shape index (κ1) is 23.1. The molecule has 0 bridgehead atoms. The van der Waals surface area contributed by atoms with Crippen LogP contribution in [0.5, 0.6) is 5.75 Å². The number of amides is 1. The number of likely N-dealkylation sites (tertiary alicyclic amines) is 1. The molecule has 2 aromatic rings. The highest BCUT2D eigenvalue weighted by molar-refractivity contribution is 5.81. The number of aliphatic imine (C=N–C) groups is 1. The van der Waals surface area contributed by atoms with Crippen molar-refractivity contribution in [3.05, 3.63) is 65.7 Å². The van der Waals surface area contributed by atoms with E-state index in [1.54, 1.807) is 0 Å². The minimum atomic E-state index is 0.252. The Morgan fingerprint density at radius 1 is 1.09 bits per heavy atom. The van der Waals surface area contributed by atoms with Crippen molar-refractivity contribution >= 4 is 11.9 Å². The van der Waals surface area contributed by atoms with Gasteiger partial charge in [-0.3, -0.25) is 4.79 Å². The predicted molar refractivity (Wildman–Crippen MR) is 132 cm³/mol. The van der Waals surface area contributed by atoms with Crippen molar-refractivity contribution in [2.75, 3.05) is 26.2 Å². The first-order valence-corrected chi connectivity index (χ1v) is 12.3. The zero-order valence-electron chi connectivity index (χ0n) is 19.6. The Morgan fingerprint density at radius 3 is 2.64 bits per heavy atom. The van der Waals surface area contributed by atoms with Crippen LogP contribution < -0.4 is 15.4 Å². The molecule has 1 heterocycles. The van der Waals surface area contributed by atoms with Gasteiger partial charge >= 0.3 is 0 Å². The van der Waals surface area contributed by atoms with Gasteiger partial charge in [-0.15, -0.1) is 0 Å². The fourth-order valence-corrected chi connectivity index (χ4v) is 4.28. The number of hydrogen-bond donors (Lipinski definition) is 2. The lowest BCUT2D eigenvalue weighted by Gasteiger charge is -2.27. The lowest BCUT2D eigenvalue weighted by atomic mass is 9.96. The molecule has 1 saturated heterocycles. The number of benzene rings is 2. The lowest BCUT2D eigenvalue weighted by Crippen LogP contribution is -2.40. The molecule has 33 heavy (non-hydrogen) atoms. The molecule has 2 aliphatic rings. The molecule has 6 nitrogen and oxygen atoms in total. The van der Waals surface area contributed by atoms with Crippen molar-refractivity contribution in [3.63, 3.8) is 0 Å². The third-order valence-electron chi connectivity index (χ3n) is 6.44. The Hall–Kier alpha value is -3.02. The second kappa shape index (κ2) is 11.7. The van der Waals surface area contributed by atoms with Crippen molar-refractivity contribution in [2.45, 2.75) is 51.7 Å². The lowest BCUT2D eigenvalue weighted by molar-refractivity contribution is -0.127. The van der Waals surface area contributed by atoms with E-state index < -0.39 is 0 Å². The summed E-state index contributed by atoms with van der Waals surface area (Å²) < 4.78 is 6.14. The molecule has 176 valence electrons. The second-order valence-electron chi connectivity index (χ2n) is 9.00. The van der Waals surface area contributed by atoms with E-state index in [0.717, 1.165) is 62.7 Å². The molecule has 4 rings (SSSR count). The summed E-state index contributed by atoms with van der Waals surface area (Å²) in [5, 5.41) is 6.78. The summed E-state index contributed by atoms with van der Waals surface area (Å²) in [6, 6.07) is 18.5. The van der Waals surface area contributed by atoms with E-state index in [0.29, 0.717) is 25.0 Å². The van der Waals surface area contributed by atoms with Crippen LogP contribution >= 0.6 is 0 Å². The molecular weight excluding hydrogens is 412 g/mol. The van der Waals surface area contributed by atoms with Crippen molar-refractivity contribution in [3.8, 4) is 5.75 Å². The Bertz CT molecular complexity index is 927. The highest BCUT2D eigenvalue weighted by Crippen LogP contribution is 2.28. The zero-order valence-corrected chi connectivity index (χ0v) is 19.6. The Kier molecular flexibility index (Phi) is 8.23. The zero-order chi connectivity index (χ0) is 22.9. The molecule has 1 saturated carbocycles. The number of nitrogens with zero attached hydrogens (tertiary/aromatic N) is 2. The van der Waals surface area contributed by atoms with E-state index >= 15 is 0 Å². The molecule has 1 atom stereocenters. The summed E-state index contributed by atoms with van der Waals surface area (Å²) in [6.07, 6.45) is 5.39. The quantitative estimate of drug-likeness (QED) is 0.429. The molecule has 1 aliphatic carbocycles. The van der Waals surface area contributed by atoms with Gasteiger partial charge in [0, 0.05) is 44.1 Å². The maximum absolute atomic E-state index is 12.5. The van der Waals surface area contributed by atoms with Crippen molar-refractivity contribution in [2.24, 2.45) is 10.9 Å². The van der Waals surface area contributed by atoms with Gasteiger partial charge in [-0.2, -0.15) is 0 Å². The third kappa shape index (κ3) is 6.73. The van der Waals surface area contributed by atoms with Crippen LogP contribution in [0, 0.1) is 5.92 Å². The molecule has 0 aromatic heterocycles. The van der Waals surface area contributed by atoms with E-state index in [1.165, 1.54) is 12.0 Å².